The van der Waals surface area contributed by atoms with E-state index in [2.05, 4.69) is 13.0 Å². The van der Waals surface area contributed by atoms with Crippen LogP contribution in [-0.2, 0) is 5.75 Å². The van der Waals surface area contributed by atoms with Gasteiger partial charge in [0.15, 0.2) is 0 Å². The molecule has 0 fully saturated rings. The van der Waals surface area contributed by atoms with Crippen molar-refractivity contribution in [1.82, 2.24) is 0 Å². The molecule has 0 bridgehead atoms. The first-order chi connectivity index (χ1) is 9.47. The fourth-order valence-electron chi connectivity index (χ4n) is 1.93. The third-order valence-corrected chi connectivity index (χ3v) is 4.30. The number of nitrogen functional groups attached to an aromatic ring is 1. The maximum Gasteiger partial charge on any atom is 0.248 e. The maximum atomic E-state index is 11.1. The average molecular weight is 286 g/mol. The number of hydrogen-bond donors (Lipinski definition) is 2. The summed E-state index contributed by atoms with van der Waals surface area (Å²) in [7, 11) is 0. The number of carbonyl (C=O) groups excluding carboxylic acids is 1. The molecule has 2 aromatic carbocycles. The van der Waals surface area contributed by atoms with Crippen LogP contribution in [0.4, 0.5) is 5.69 Å². The summed E-state index contributed by atoms with van der Waals surface area (Å²) in [5.74, 6) is 0.425. The van der Waals surface area contributed by atoms with Crippen molar-refractivity contribution in [3.05, 3.63) is 58.7 Å². The van der Waals surface area contributed by atoms with Gasteiger partial charge in [-0.2, -0.15) is 0 Å². The molecule has 0 aliphatic carbocycles. The number of thioether (sulfide) groups is 1. The lowest BCUT2D eigenvalue weighted by atomic mass is 10.1. The average Bonchev–Trinajstić information content (AvgIpc) is 2.40. The first-order valence-electron chi connectivity index (χ1n) is 6.35. The zero-order valence-corrected chi connectivity index (χ0v) is 12.5. The molecule has 0 aliphatic heterocycles. The van der Waals surface area contributed by atoms with Crippen LogP contribution in [0, 0.1) is 13.8 Å². The van der Waals surface area contributed by atoms with E-state index in [9.17, 15) is 4.79 Å². The van der Waals surface area contributed by atoms with Gasteiger partial charge >= 0.3 is 0 Å². The van der Waals surface area contributed by atoms with E-state index in [1.54, 1.807) is 17.8 Å². The molecule has 0 unspecified atom stereocenters. The number of aryl methyl sites for hydroxylation is 2. The minimum atomic E-state index is -0.393. The van der Waals surface area contributed by atoms with Gasteiger partial charge in [0.2, 0.25) is 5.91 Å². The molecule has 4 N–H and O–H groups in total. The molecule has 0 spiro atoms. The van der Waals surface area contributed by atoms with Gasteiger partial charge in [-0.05, 0) is 54.8 Å². The van der Waals surface area contributed by atoms with Crippen molar-refractivity contribution in [1.29, 1.82) is 0 Å². The molecule has 3 nitrogen and oxygen atoms in total. The summed E-state index contributed by atoms with van der Waals surface area (Å²) in [4.78, 5) is 12.2. The van der Waals surface area contributed by atoms with Gasteiger partial charge in [-0.3, -0.25) is 4.79 Å². The molecule has 0 aliphatic rings. The monoisotopic (exact) mass is 286 g/mol. The standard InChI is InChI=1S/C16H18N2OS/c1-10-3-6-14(17)15(7-10)20-9-13-5-4-12(16(18)19)8-11(13)2/h3-8H,9,17H2,1-2H3,(H2,18,19). The molecule has 0 saturated heterocycles. The summed E-state index contributed by atoms with van der Waals surface area (Å²) >= 11 is 1.70. The van der Waals surface area contributed by atoms with E-state index in [0.29, 0.717) is 5.56 Å². The highest BCUT2D eigenvalue weighted by Gasteiger charge is 2.06. The first-order valence-corrected chi connectivity index (χ1v) is 7.34. The molecule has 104 valence electrons. The Kier molecular flexibility index (Phi) is 4.35. The summed E-state index contributed by atoms with van der Waals surface area (Å²) in [6, 6.07) is 11.6. The highest BCUT2D eigenvalue weighted by atomic mass is 32.2. The van der Waals surface area contributed by atoms with E-state index in [1.807, 2.05) is 31.2 Å². The van der Waals surface area contributed by atoms with Crippen LogP contribution in [0.15, 0.2) is 41.3 Å². The Balaban J connectivity index is 2.15. The van der Waals surface area contributed by atoms with Gasteiger partial charge in [0, 0.05) is 21.9 Å². The van der Waals surface area contributed by atoms with E-state index in [-0.39, 0.29) is 0 Å². The van der Waals surface area contributed by atoms with Gasteiger partial charge in [-0.25, -0.2) is 0 Å². The van der Waals surface area contributed by atoms with E-state index in [4.69, 9.17) is 11.5 Å². The number of carbonyl (C=O) groups is 1. The Hall–Kier alpha value is -1.94. The number of amides is 1. The summed E-state index contributed by atoms with van der Waals surface area (Å²) in [6.07, 6.45) is 0. The summed E-state index contributed by atoms with van der Waals surface area (Å²) in [5.41, 5.74) is 16.0. The predicted molar refractivity (Wildman–Crippen MR) is 84.8 cm³/mol. The number of anilines is 1. The van der Waals surface area contributed by atoms with Gasteiger partial charge in [0.25, 0.3) is 0 Å². The Bertz CT molecular complexity index is 653. The first kappa shape index (κ1) is 14.5. The fourth-order valence-corrected chi connectivity index (χ4v) is 3.07. The summed E-state index contributed by atoms with van der Waals surface area (Å²) < 4.78 is 0. The van der Waals surface area contributed by atoms with Gasteiger partial charge < -0.3 is 11.5 Å². The molecular weight excluding hydrogens is 268 g/mol. The second kappa shape index (κ2) is 6.01. The Morgan fingerprint density at radius 3 is 2.55 bits per heavy atom. The largest absolute Gasteiger partial charge is 0.398 e. The number of rotatable bonds is 4. The van der Waals surface area contributed by atoms with Crippen LogP contribution in [0.3, 0.4) is 0 Å². The zero-order valence-electron chi connectivity index (χ0n) is 11.6. The predicted octanol–water partition coefficient (Wildman–Crippen LogP) is 3.28. The molecule has 0 heterocycles. The molecule has 0 radical (unpaired) electrons. The van der Waals surface area contributed by atoms with Crippen molar-refractivity contribution in [2.75, 3.05) is 5.73 Å². The van der Waals surface area contributed by atoms with Crippen LogP contribution in [0.5, 0.6) is 0 Å². The quantitative estimate of drug-likeness (QED) is 0.669. The van der Waals surface area contributed by atoms with E-state index < -0.39 is 5.91 Å². The second-order valence-electron chi connectivity index (χ2n) is 4.84. The Morgan fingerprint density at radius 1 is 1.15 bits per heavy atom. The molecule has 0 aromatic heterocycles. The molecule has 20 heavy (non-hydrogen) atoms. The molecule has 1 amide bonds. The van der Waals surface area contributed by atoms with Gasteiger partial charge in [0.05, 0.1) is 0 Å². The van der Waals surface area contributed by atoms with E-state index >= 15 is 0 Å². The van der Waals surface area contributed by atoms with Crippen molar-refractivity contribution in [3.8, 4) is 0 Å². The lowest BCUT2D eigenvalue weighted by molar-refractivity contribution is 0.1000. The smallest absolute Gasteiger partial charge is 0.248 e. The minimum absolute atomic E-state index is 0.393. The molecule has 2 aromatic rings. The van der Waals surface area contributed by atoms with Crippen molar-refractivity contribution >= 4 is 23.4 Å². The maximum absolute atomic E-state index is 11.1. The number of primary amides is 1. The third kappa shape index (κ3) is 3.33. The zero-order chi connectivity index (χ0) is 14.7. The lowest BCUT2D eigenvalue weighted by Crippen LogP contribution is -2.11. The van der Waals surface area contributed by atoms with Crippen molar-refractivity contribution in [2.24, 2.45) is 5.73 Å². The van der Waals surface area contributed by atoms with Crippen LogP contribution in [0.25, 0.3) is 0 Å². The molecule has 0 saturated carbocycles. The van der Waals surface area contributed by atoms with Crippen LogP contribution >= 0.6 is 11.8 Å². The van der Waals surface area contributed by atoms with Crippen LogP contribution in [0.1, 0.15) is 27.0 Å². The minimum Gasteiger partial charge on any atom is -0.398 e. The number of hydrogen-bond acceptors (Lipinski definition) is 3. The fraction of sp³-hybridized carbons (Fsp3) is 0.188. The third-order valence-electron chi connectivity index (χ3n) is 3.18. The normalized spacial score (nSPS) is 10.5. The Labute approximate surface area is 123 Å². The highest BCUT2D eigenvalue weighted by Crippen LogP contribution is 2.30. The molecular formula is C16H18N2OS. The van der Waals surface area contributed by atoms with Crippen molar-refractivity contribution in [2.45, 2.75) is 24.5 Å². The SMILES string of the molecule is Cc1ccc(N)c(SCc2ccc(C(N)=O)cc2C)c1. The van der Waals surface area contributed by atoms with Crippen molar-refractivity contribution < 1.29 is 4.79 Å². The topological polar surface area (TPSA) is 69.1 Å². The van der Waals surface area contributed by atoms with Crippen molar-refractivity contribution in [3.63, 3.8) is 0 Å². The van der Waals surface area contributed by atoms with Gasteiger partial charge in [-0.1, -0.05) is 12.1 Å². The summed E-state index contributed by atoms with van der Waals surface area (Å²) in [5, 5.41) is 0. The van der Waals surface area contributed by atoms with Crippen LogP contribution in [0.2, 0.25) is 0 Å². The Morgan fingerprint density at radius 2 is 1.90 bits per heavy atom. The highest BCUT2D eigenvalue weighted by molar-refractivity contribution is 7.98. The number of benzene rings is 2. The molecule has 0 atom stereocenters. The second-order valence-corrected chi connectivity index (χ2v) is 5.85. The van der Waals surface area contributed by atoms with Gasteiger partial charge in [-0.15, -0.1) is 11.8 Å². The lowest BCUT2D eigenvalue weighted by Gasteiger charge is -2.09. The van der Waals surface area contributed by atoms with E-state index in [0.717, 1.165) is 21.9 Å². The van der Waals surface area contributed by atoms with Gasteiger partial charge in [0.1, 0.15) is 0 Å². The van der Waals surface area contributed by atoms with E-state index in [1.165, 1.54) is 11.1 Å². The molecule has 4 heteroatoms. The number of nitrogens with two attached hydrogens (primary N) is 2. The van der Waals surface area contributed by atoms with Crippen LogP contribution < -0.4 is 11.5 Å². The summed E-state index contributed by atoms with van der Waals surface area (Å²) in [6.45, 7) is 4.04. The van der Waals surface area contributed by atoms with Crippen LogP contribution in [-0.4, -0.2) is 5.91 Å². The molecule has 2 rings (SSSR count).